The first-order valence-corrected chi connectivity index (χ1v) is 4.09. The molecule has 0 aliphatic carbocycles. The molecule has 1 amide bonds. The highest BCUT2D eigenvalue weighted by atomic mass is 16.2. The maximum atomic E-state index is 11.2. The van der Waals surface area contributed by atoms with Crippen LogP contribution in [-0.2, 0) is 4.79 Å². The Morgan fingerprint density at radius 2 is 2.07 bits per heavy atom. The number of rotatable bonds is 2. The molecule has 1 aromatic rings. The number of amides is 1. The van der Waals surface area contributed by atoms with E-state index in [2.05, 4.69) is 6.58 Å². The van der Waals surface area contributed by atoms with Crippen LogP contribution in [0.2, 0.25) is 0 Å². The predicted molar refractivity (Wildman–Crippen MR) is 54.8 cm³/mol. The van der Waals surface area contributed by atoms with Crippen LogP contribution in [0.25, 0.3) is 0 Å². The van der Waals surface area contributed by atoms with E-state index in [4.69, 9.17) is 5.26 Å². The van der Waals surface area contributed by atoms with Gasteiger partial charge in [0.05, 0.1) is 11.6 Å². The minimum Gasteiger partial charge on any atom is -0.312 e. The molecule has 1 aromatic carbocycles. The molecule has 0 unspecified atom stereocenters. The number of nitrogens with zero attached hydrogens (tertiary/aromatic N) is 2. The summed E-state index contributed by atoms with van der Waals surface area (Å²) in [5.41, 5.74) is 1.32. The zero-order valence-electron chi connectivity index (χ0n) is 7.90. The molecule has 0 aliphatic rings. The summed E-state index contributed by atoms with van der Waals surface area (Å²) in [7, 11) is 1.66. The lowest BCUT2D eigenvalue weighted by atomic mass is 10.2. The molecule has 0 heterocycles. The fourth-order valence-corrected chi connectivity index (χ4v) is 1.02. The fourth-order valence-electron chi connectivity index (χ4n) is 1.02. The first-order chi connectivity index (χ1) is 6.69. The maximum absolute atomic E-state index is 11.2. The van der Waals surface area contributed by atoms with E-state index in [9.17, 15) is 4.79 Å². The first-order valence-electron chi connectivity index (χ1n) is 4.09. The van der Waals surface area contributed by atoms with E-state index in [-0.39, 0.29) is 5.91 Å². The van der Waals surface area contributed by atoms with Gasteiger partial charge in [-0.3, -0.25) is 4.79 Å². The van der Waals surface area contributed by atoms with Gasteiger partial charge >= 0.3 is 0 Å². The van der Waals surface area contributed by atoms with E-state index in [1.165, 1.54) is 11.0 Å². The van der Waals surface area contributed by atoms with Gasteiger partial charge < -0.3 is 4.90 Å². The molecule has 0 aromatic heterocycles. The van der Waals surface area contributed by atoms with Crippen LogP contribution in [0.5, 0.6) is 0 Å². The van der Waals surface area contributed by atoms with Crippen LogP contribution in [-0.4, -0.2) is 13.0 Å². The second-order valence-electron chi connectivity index (χ2n) is 2.76. The smallest absolute Gasteiger partial charge is 0.250 e. The molecule has 3 heteroatoms. The summed E-state index contributed by atoms with van der Waals surface area (Å²) >= 11 is 0. The molecular formula is C11H10N2O. The van der Waals surface area contributed by atoms with Gasteiger partial charge in [-0.05, 0) is 30.3 Å². The van der Waals surface area contributed by atoms with Crippen molar-refractivity contribution in [3.05, 3.63) is 42.5 Å². The highest BCUT2D eigenvalue weighted by Gasteiger charge is 2.05. The number of likely N-dealkylation sites (N-methyl/N-ethyl adjacent to an activating group) is 1. The Morgan fingerprint density at radius 1 is 1.50 bits per heavy atom. The van der Waals surface area contributed by atoms with Crippen LogP contribution in [0.3, 0.4) is 0 Å². The second-order valence-corrected chi connectivity index (χ2v) is 2.76. The molecule has 0 bridgehead atoms. The largest absolute Gasteiger partial charge is 0.312 e. The van der Waals surface area contributed by atoms with Crippen LogP contribution < -0.4 is 4.90 Å². The van der Waals surface area contributed by atoms with Crippen LogP contribution in [0, 0.1) is 11.3 Å². The van der Waals surface area contributed by atoms with Crippen molar-refractivity contribution >= 4 is 11.6 Å². The minimum absolute atomic E-state index is 0.172. The average molecular weight is 186 g/mol. The Labute approximate surface area is 82.9 Å². The predicted octanol–water partition coefficient (Wildman–Crippen LogP) is 1.71. The molecule has 0 N–H and O–H groups in total. The Bertz CT molecular complexity index is 387. The summed E-state index contributed by atoms with van der Waals surface area (Å²) in [5.74, 6) is -0.172. The molecule has 0 saturated carbocycles. The van der Waals surface area contributed by atoms with Crippen molar-refractivity contribution in [3.8, 4) is 6.07 Å². The van der Waals surface area contributed by atoms with Gasteiger partial charge in [0, 0.05) is 12.7 Å². The molecular weight excluding hydrogens is 176 g/mol. The third-order valence-corrected chi connectivity index (χ3v) is 1.89. The standard InChI is InChI=1S/C11H10N2O/c1-3-11(14)13(2)10-6-4-9(8-12)5-7-10/h3-7H,1H2,2H3. The van der Waals surface area contributed by atoms with E-state index in [1.54, 1.807) is 31.3 Å². The zero-order valence-corrected chi connectivity index (χ0v) is 7.90. The van der Waals surface area contributed by atoms with Crippen molar-refractivity contribution in [2.75, 3.05) is 11.9 Å². The van der Waals surface area contributed by atoms with Gasteiger partial charge in [0.2, 0.25) is 5.91 Å². The minimum atomic E-state index is -0.172. The molecule has 3 nitrogen and oxygen atoms in total. The molecule has 70 valence electrons. The maximum Gasteiger partial charge on any atom is 0.250 e. The van der Waals surface area contributed by atoms with Crippen molar-refractivity contribution in [3.63, 3.8) is 0 Å². The summed E-state index contributed by atoms with van der Waals surface area (Å²) in [6, 6.07) is 8.79. The fraction of sp³-hybridized carbons (Fsp3) is 0.0909. The van der Waals surface area contributed by atoms with E-state index < -0.39 is 0 Å². The molecule has 0 radical (unpaired) electrons. The average Bonchev–Trinajstić information content (AvgIpc) is 2.27. The molecule has 0 aliphatic heterocycles. The summed E-state index contributed by atoms with van der Waals surface area (Å²) in [6.07, 6.45) is 1.25. The molecule has 1 rings (SSSR count). The lowest BCUT2D eigenvalue weighted by Crippen LogP contribution is -2.23. The van der Waals surface area contributed by atoms with Gasteiger partial charge in [-0.2, -0.15) is 5.26 Å². The Balaban J connectivity index is 2.93. The summed E-state index contributed by atoms with van der Waals surface area (Å²) in [5, 5.41) is 8.58. The van der Waals surface area contributed by atoms with Crippen molar-refractivity contribution in [1.29, 1.82) is 5.26 Å². The third kappa shape index (κ3) is 1.99. The van der Waals surface area contributed by atoms with Gasteiger partial charge in [-0.1, -0.05) is 6.58 Å². The number of nitriles is 1. The Hall–Kier alpha value is -2.08. The highest BCUT2D eigenvalue weighted by Crippen LogP contribution is 2.13. The summed E-state index contributed by atoms with van der Waals surface area (Å²) in [4.78, 5) is 12.7. The van der Waals surface area contributed by atoms with Crippen LogP contribution in [0.15, 0.2) is 36.9 Å². The second kappa shape index (κ2) is 4.24. The molecule has 0 saturated heterocycles. The quantitative estimate of drug-likeness (QED) is 0.660. The Morgan fingerprint density at radius 3 is 2.50 bits per heavy atom. The van der Waals surface area contributed by atoms with E-state index in [0.717, 1.165) is 5.69 Å². The number of carbonyl (C=O) groups is 1. The lowest BCUT2D eigenvalue weighted by molar-refractivity contribution is -0.113. The van der Waals surface area contributed by atoms with Crippen LogP contribution in [0.4, 0.5) is 5.69 Å². The van der Waals surface area contributed by atoms with Crippen molar-refractivity contribution in [2.24, 2.45) is 0 Å². The van der Waals surface area contributed by atoms with Crippen LogP contribution in [0.1, 0.15) is 5.56 Å². The molecule has 0 atom stereocenters. The monoisotopic (exact) mass is 186 g/mol. The third-order valence-electron chi connectivity index (χ3n) is 1.89. The van der Waals surface area contributed by atoms with Crippen LogP contribution >= 0.6 is 0 Å². The van der Waals surface area contributed by atoms with Gasteiger partial charge in [0.15, 0.2) is 0 Å². The summed E-state index contributed by atoms with van der Waals surface area (Å²) in [6.45, 7) is 3.40. The van der Waals surface area contributed by atoms with Gasteiger partial charge in [0.1, 0.15) is 0 Å². The summed E-state index contributed by atoms with van der Waals surface area (Å²) < 4.78 is 0. The zero-order chi connectivity index (χ0) is 10.6. The van der Waals surface area contributed by atoms with Crippen molar-refractivity contribution in [2.45, 2.75) is 0 Å². The van der Waals surface area contributed by atoms with E-state index >= 15 is 0 Å². The number of anilines is 1. The van der Waals surface area contributed by atoms with Gasteiger partial charge in [0.25, 0.3) is 0 Å². The molecule has 0 spiro atoms. The molecule has 0 fully saturated rings. The van der Waals surface area contributed by atoms with Gasteiger partial charge in [-0.15, -0.1) is 0 Å². The topological polar surface area (TPSA) is 44.1 Å². The number of hydrogen-bond acceptors (Lipinski definition) is 2. The molecule has 14 heavy (non-hydrogen) atoms. The van der Waals surface area contributed by atoms with Gasteiger partial charge in [-0.25, -0.2) is 0 Å². The normalized spacial score (nSPS) is 8.86. The first kappa shape index (κ1) is 10.0. The lowest BCUT2D eigenvalue weighted by Gasteiger charge is -2.14. The van der Waals surface area contributed by atoms with Crippen molar-refractivity contribution < 1.29 is 4.79 Å². The van der Waals surface area contributed by atoms with Crippen molar-refractivity contribution in [1.82, 2.24) is 0 Å². The number of hydrogen-bond donors (Lipinski definition) is 0. The number of carbonyl (C=O) groups excluding carboxylic acids is 1. The highest BCUT2D eigenvalue weighted by molar-refractivity contribution is 6.00. The SMILES string of the molecule is C=CC(=O)N(C)c1ccc(C#N)cc1. The van der Waals surface area contributed by atoms with E-state index in [1.807, 2.05) is 6.07 Å². The number of benzene rings is 1. The van der Waals surface area contributed by atoms with E-state index in [0.29, 0.717) is 5.56 Å². The Kier molecular flexibility index (Phi) is 3.03.